The van der Waals surface area contributed by atoms with Crippen molar-refractivity contribution in [1.82, 2.24) is 19.9 Å². The zero-order chi connectivity index (χ0) is 18.6. The Hall–Kier alpha value is -2.87. The molecule has 1 amide bonds. The van der Waals surface area contributed by atoms with E-state index in [9.17, 15) is 28.0 Å². The molecule has 0 saturated carbocycles. The molecule has 0 aromatic carbocycles. The van der Waals surface area contributed by atoms with E-state index in [1.807, 2.05) is 0 Å². The summed E-state index contributed by atoms with van der Waals surface area (Å²) in [6, 6.07) is 1.58. The number of rotatable bonds is 4. The van der Waals surface area contributed by atoms with Crippen LogP contribution in [0.1, 0.15) is 12.6 Å². The van der Waals surface area contributed by atoms with Crippen LogP contribution in [0.2, 0.25) is 0 Å². The maximum atomic E-state index is 12.4. The summed E-state index contributed by atoms with van der Waals surface area (Å²) in [5.41, 5.74) is -0.459. The van der Waals surface area contributed by atoms with Gasteiger partial charge in [0.1, 0.15) is 17.3 Å². The molecule has 2 heterocycles. The van der Waals surface area contributed by atoms with Crippen LogP contribution >= 0.6 is 11.3 Å². The zero-order valence-corrected chi connectivity index (χ0v) is 13.7. The monoisotopic (exact) mass is 371 g/mol. The lowest BCUT2D eigenvalue weighted by Crippen LogP contribution is -2.37. The first-order valence-electron chi connectivity index (χ1n) is 6.96. The number of nitrogens with zero attached hydrogens (tertiary/aromatic N) is 3. The van der Waals surface area contributed by atoms with Gasteiger partial charge >= 0.3 is 6.18 Å². The highest BCUT2D eigenvalue weighted by molar-refractivity contribution is 7.07. The van der Waals surface area contributed by atoms with Crippen molar-refractivity contribution >= 4 is 28.9 Å². The molecule has 0 atom stereocenters. The van der Waals surface area contributed by atoms with Crippen molar-refractivity contribution in [2.24, 2.45) is 0 Å². The topological polar surface area (TPSA) is 104 Å². The molecule has 0 aliphatic heterocycles. The van der Waals surface area contributed by atoms with Crippen LogP contribution < -0.4 is 20.1 Å². The van der Waals surface area contributed by atoms with E-state index in [1.165, 1.54) is 23.2 Å². The summed E-state index contributed by atoms with van der Waals surface area (Å²) in [5.74, 6) is -1.18. The lowest BCUT2D eigenvalue weighted by molar-refractivity contribution is -0.135. The molecule has 0 bridgehead atoms. The second-order valence-corrected chi connectivity index (χ2v) is 5.79. The summed E-state index contributed by atoms with van der Waals surface area (Å²) in [6.07, 6.45) is -0.232. The number of amides is 1. The van der Waals surface area contributed by atoms with Crippen molar-refractivity contribution < 1.29 is 18.0 Å². The van der Waals surface area contributed by atoms with Crippen molar-refractivity contribution in [3.63, 3.8) is 0 Å². The Kier molecular flexibility index (Phi) is 5.43. The lowest BCUT2D eigenvalue weighted by Gasteiger charge is -2.07. The molecule has 0 saturated heterocycles. The molecule has 0 unspecified atom stereocenters. The average molecular weight is 371 g/mol. The molecular formula is C14H12F3N5O2S. The first-order chi connectivity index (χ1) is 11.8. The third kappa shape index (κ3) is 4.36. The van der Waals surface area contributed by atoms with E-state index in [0.29, 0.717) is 5.69 Å². The molecule has 2 rings (SSSR count). The number of imidazole rings is 1. The van der Waals surface area contributed by atoms with Gasteiger partial charge in [-0.15, -0.1) is 11.3 Å². The van der Waals surface area contributed by atoms with Gasteiger partial charge in [0.25, 0.3) is 11.5 Å². The van der Waals surface area contributed by atoms with Crippen LogP contribution in [0.5, 0.6) is 0 Å². The largest absolute Gasteiger partial charge is 0.405 e. The van der Waals surface area contributed by atoms with Crippen LogP contribution in [0.4, 0.5) is 13.2 Å². The van der Waals surface area contributed by atoms with Crippen LogP contribution in [0.25, 0.3) is 11.6 Å². The number of aromatic amines is 1. The smallest absolute Gasteiger partial charge is 0.345 e. The van der Waals surface area contributed by atoms with Crippen molar-refractivity contribution in [1.29, 1.82) is 5.26 Å². The second-order valence-electron chi connectivity index (χ2n) is 4.76. The summed E-state index contributed by atoms with van der Waals surface area (Å²) < 4.78 is 38.1. The van der Waals surface area contributed by atoms with Crippen LogP contribution in [0, 0.1) is 11.3 Å². The van der Waals surface area contributed by atoms with Gasteiger partial charge in [-0.25, -0.2) is 4.98 Å². The van der Waals surface area contributed by atoms with Crippen LogP contribution in [0.3, 0.4) is 0 Å². The molecule has 0 radical (unpaired) electrons. The van der Waals surface area contributed by atoms with Crippen molar-refractivity contribution in [3.05, 3.63) is 37.8 Å². The van der Waals surface area contributed by atoms with E-state index in [2.05, 4.69) is 9.97 Å². The van der Waals surface area contributed by atoms with E-state index in [1.54, 1.807) is 18.3 Å². The third-order valence-corrected chi connectivity index (χ3v) is 4.16. The molecule has 0 aliphatic rings. The van der Waals surface area contributed by atoms with Crippen molar-refractivity contribution in [2.75, 3.05) is 6.54 Å². The molecule has 11 heteroatoms. The lowest BCUT2D eigenvalue weighted by atomic mass is 10.3. The Bertz CT molecular complexity index is 980. The first kappa shape index (κ1) is 18.5. The molecule has 7 nitrogen and oxygen atoms in total. The molecular weight excluding hydrogens is 359 g/mol. The highest BCUT2D eigenvalue weighted by atomic mass is 32.1. The van der Waals surface area contributed by atoms with Gasteiger partial charge in [0, 0.05) is 6.54 Å². The van der Waals surface area contributed by atoms with Gasteiger partial charge in [0.05, 0.1) is 22.8 Å². The number of aromatic nitrogens is 3. The Labute approximate surface area is 142 Å². The number of nitrogens with one attached hydrogen (secondary N) is 2. The SMILES string of the molecule is CCn1c(=C(C#N)C(=O)NCC(F)(F)F)sc(=Cc2cnc[nH]2)c1=O. The van der Waals surface area contributed by atoms with Gasteiger partial charge in [0.15, 0.2) is 5.57 Å². The van der Waals surface area contributed by atoms with Gasteiger partial charge in [-0.3, -0.25) is 14.2 Å². The number of carbonyl (C=O) groups excluding carboxylic acids is 1. The predicted molar refractivity (Wildman–Crippen MR) is 83.7 cm³/mol. The Morgan fingerprint density at radius 2 is 2.28 bits per heavy atom. The van der Waals surface area contributed by atoms with Gasteiger partial charge in [-0.2, -0.15) is 18.4 Å². The number of nitriles is 1. The maximum absolute atomic E-state index is 12.4. The van der Waals surface area contributed by atoms with Crippen LogP contribution in [-0.4, -0.2) is 33.2 Å². The Morgan fingerprint density at radius 3 is 2.80 bits per heavy atom. The fraction of sp³-hybridized carbons (Fsp3) is 0.286. The summed E-state index contributed by atoms with van der Waals surface area (Å²) in [6.45, 7) is 0.214. The van der Waals surface area contributed by atoms with E-state index >= 15 is 0 Å². The van der Waals surface area contributed by atoms with Gasteiger partial charge in [-0.05, 0) is 13.0 Å². The normalized spacial score (nSPS) is 13.5. The summed E-state index contributed by atoms with van der Waals surface area (Å²) in [4.78, 5) is 30.9. The number of halogens is 3. The minimum atomic E-state index is -4.60. The minimum Gasteiger partial charge on any atom is -0.345 e. The van der Waals surface area contributed by atoms with Gasteiger partial charge < -0.3 is 10.3 Å². The molecule has 2 aromatic rings. The number of H-pyrrole nitrogens is 1. The molecule has 25 heavy (non-hydrogen) atoms. The molecule has 2 aromatic heterocycles. The standard InChI is InChI=1S/C14H12F3N5O2S/c1-2-22-12(24)10(3-8-5-19-7-21-8)25-13(22)9(4-18)11(23)20-6-14(15,16)17/h3,5,7H,2,6H2,1H3,(H,19,21)(H,20,23). The fourth-order valence-corrected chi connectivity index (χ4v) is 3.10. The second kappa shape index (κ2) is 7.35. The predicted octanol–water partition coefficient (Wildman–Crippen LogP) is -0.166. The van der Waals surface area contributed by atoms with Crippen molar-refractivity contribution in [2.45, 2.75) is 19.6 Å². The first-order valence-corrected chi connectivity index (χ1v) is 7.77. The fourth-order valence-electron chi connectivity index (χ4n) is 1.94. The Balaban J connectivity index is 2.59. The maximum Gasteiger partial charge on any atom is 0.405 e. The molecule has 0 aliphatic carbocycles. The molecule has 2 N–H and O–H groups in total. The summed E-state index contributed by atoms with van der Waals surface area (Å²) in [7, 11) is 0. The summed E-state index contributed by atoms with van der Waals surface area (Å²) in [5, 5.41) is 10.8. The highest BCUT2D eigenvalue weighted by Crippen LogP contribution is 2.12. The Morgan fingerprint density at radius 1 is 1.56 bits per heavy atom. The number of carbonyl (C=O) groups is 1. The van der Waals surface area contributed by atoms with E-state index in [4.69, 9.17) is 0 Å². The third-order valence-electron chi connectivity index (χ3n) is 3.03. The van der Waals surface area contributed by atoms with Crippen molar-refractivity contribution in [3.8, 4) is 6.07 Å². The average Bonchev–Trinajstić information content (AvgIpc) is 3.15. The highest BCUT2D eigenvalue weighted by Gasteiger charge is 2.28. The van der Waals surface area contributed by atoms with E-state index in [0.717, 1.165) is 11.3 Å². The van der Waals surface area contributed by atoms with Crippen LogP contribution in [-0.2, 0) is 11.3 Å². The minimum absolute atomic E-state index is 0.000407. The molecule has 0 fully saturated rings. The van der Waals surface area contributed by atoms with Gasteiger partial charge in [-0.1, -0.05) is 0 Å². The van der Waals surface area contributed by atoms with E-state index in [-0.39, 0.29) is 15.7 Å². The molecule has 132 valence electrons. The number of alkyl halides is 3. The summed E-state index contributed by atoms with van der Waals surface area (Å²) >= 11 is 0.849. The number of hydrogen-bond donors (Lipinski definition) is 2. The number of thiazole rings is 1. The number of hydrogen-bond acceptors (Lipinski definition) is 5. The van der Waals surface area contributed by atoms with Gasteiger partial charge in [0.2, 0.25) is 0 Å². The quantitative estimate of drug-likeness (QED) is 0.779. The zero-order valence-electron chi connectivity index (χ0n) is 12.8. The van der Waals surface area contributed by atoms with E-state index < -0.39 is 29.8 Å². The molecule has 0 spiro atoms. The van der Waals surface area contributed by atoms with Crippen LogP contribution in [0.15, 0.2) is 17.3 Å².